The number of nitrogens with zero attached hydrogens (tertiary/aromatic N) is 2. The maximum Gasteiger partial charge on any atom is 0.260 e. The van der Waals surface area contributed by atoms with Crippen LogP contribution >= 0.6 is 0 Å². The van der Waals surface area contributed by atoms with Gasteiger partial charge in [0.25, 0.3) is 5.95 Å². The van der Waals surface area contributed by atoms with Gasteiger partial charge < -0.3 is 15.0 Å². The van der Waals surface area contributed by atoms with Crippen molar-refractivity contribution in [2.24, 2.45) is 0 Å². The van der Waals surface area contributed by atoms with E-state index in [-0.39, 0.29) is 11.9 Å². The zero-order valence-corrected chi connectivity index (χ0v) is 8.59. The molecule has 3 rings (SSSR count). The van der Waals surface area contributed by atoms with Crippen LogP contribution < -0.4 is 10.5 Å². The van der Waals surface area contributed by atoms with Crippen LogP contribution in [-0.4, -0.2) is 16.7 Å². The molecule has 1 aliphatic heterocycles. The monoisotopic (exact) mass is 217 g/mol. The molecule has 2 aromatic rings. The fourth-order valence-corrected chi connectivity index (χ4v) is 1.90. The lowest BCUT2D eigenvalue weighted by Crippen LogP contribution is -2.19. The van der Waals surface area contributed by atoms with Crippen molar-refractivity contribution in [3.63, 3.8) is 0 Å². The van der Waals surface area contributed by atoms with Crippen molar-refractivity contribution in [2.45, 2.75) is 12.3 Å². The molecule has 1 aliphatic rings. The third-order valence-corrected chi connectivity index (χ3v) is 2.69. The summed E-state index contributed by atoms with van der Waals surface area (Å²) < 4.78 is 10.7. The number of benzene rings is 1. The number of para-hydroxylation sites is 1. The van der Waals surface area contributed by atoms with Gasteiger partial charge in [0.2, 0.25) is 5.89 Å². The second-order valence-electron chi connectivity index (χ2n) is 3.81. The Kier molecular flexibility index (Phi) is 2.02. The van der Waals surface area contributed by atoms with Crippen LogP contribution in [0.4, 0.5) is 5.95 Å². The second-order valence-corrected chi connectivity index (χ2v) is 3.81. The molecule has 0 amide bonds. The summed E-state index contributed by atoms with van der Waals surface area (Å²) in [5, 5.41) is 3.58. The van der Waals surface area contributed by atoms with E-state index in [1.165, 1.54) is 0 Å². The number of nitrogens with two attached hydrogens (primary N) is 1. The minimum atomic E-state index is 0.0969. The quantitative estimate of drug-likeness (QED) is 0.780. The molecule has 0 saturated heterocycles. The van der Waals surface area contributed by atoms with Crippen LogP contribution in [0.2, 0.25) is 0 Å². The molecule has 16 heavy (non-hydrogen) atoms. The molecule has 0 fully saturated rings. The van der Waals surface area contributed by atoms with Crippen LogP contribution in [0.3, 0.4) is 0 Å². The first-order valence-electron chi connectivity index (χ1n) is 5.13. The number of hydrogen-bond acceptors (Lipinski definition) is 5. The molecule has 0 bridgehead atoms. The van der Waals surface area contributed by atoms with Crippen molar-refractivity contribution in [3.05, 3.63) is 35.7 Å². The Balaban J connectivity index is 1.88. The summed E-state index contributed by atoms with van der Waals surface area (Å²) in [7, 11) is 0. The van der Waals surface area contributed by atoms with Crippen LogP contribution in [0.25, 0.3) is 0 Å². The van der Waals surface area contributed by atoms with E-state index >= 15 is 0 Å². The highest BCUT2D eigenvalue weighted by Gasteiger charge is 2.25. The van der Waals surface area contributed by atoms with Crippen molar-refractivity contribution < 1.29 is 9.26 Å². The molecule has 0 radical (unpaired) electrons. The molecule has 0 saturated carbocycles. The highest BCUT2D eigenvalue weighted by atomic mass is 16.5. The molecule has 0 spiro atoms. The average molecular weight is 217 g/mol. The van der Waals surface area contributed by atoms with Gasteiger partial charge in [0.1, 0.15) is 12.4 Å². The zero-order valence-electron chi connectivity index (χ0n) is 8.59. The number of aromatic nitrogens is 2. The molecule has 1 unspecified atom stereocenters. The number of anilines is 1. The maximum atomic E-state index is 5.63. The molecule has 1 aromatic carbocycles. The fraction of sp³-hybridized carbons (Fsp3) is 0.273. The van der Waals surface area contributed by atoms with Gasteiger partial charge in [-0.3, -0.25) is 0 Å². The van der Waals surface area contributed by atoms with Crippen molar-refractivity contribution in [2.75, 3.05) is 12.3 Å². The highest BCUT2D eigenvalue weighted by Crippen LogP contribution is 2.31. The van der Waals surface area contributed by atoms with Gasteiger partial charge in [0.15, 0.2) is 0 Å². The van der Waals surface area contributed by atoms with Gasteiger partial charge in [-0.15, -0.1) is 0 Å². The lowest BCUT2D eigenvalue weighted by atomic mass is 9.97. The number of hydrogen-bond donors (Lipinski definition) is 1. The van der Waals surface area contributed by atoms with Gasteiger partial charge in [-0.25, -0.2) is 0 Å². The normalized spacial score (nSPS) is 18.9. The molecule has 1 atom stereocenters. The van der Waals surface area contributed by atoms with E-state index < -0.39 is 0 Å². The number of rotatable bonds is 1. The molecule has 2 N–H and O–H groups in total. The Morgan fingerprint density at radius 1 is 1.31 bits per heavy atom. The van der Waals surface area contributed by atoms with Crippen LogP contribution in [0.5, 0.6) is 5.75 Å². The lowest BCUT2D eigenvalue weighted by Gasteiger charge is -2.22. The first kappa shape index (κ1) is 9.21. The van der Waals surface area contributed by atoms with Crippen LogP contribution in [-0.2, 0) is 6.42 Å². The molecule has 5 nitrogen and oxygen atoms in total. The van der Waals surface area contributed by atoms with Crippen molar-refractivity contribution in [1.29, 1.82) is 0 Å². The van der Waals surface area contributed by atoms with Crippen molar-refractivity contribution >= 4 is 5.95 Å². The Morgan fingerprint density at radius 2 is 2.19 bits per heavy atom. The van der Waals surface area contributed by atoms with E-state index in [9.17, 15) is 0 Å². The number of ether oxygens (including phenoxy) is 1. The average Bonchev–Trinajstić information content (AvgIpc) is 2.75. The van der Waals surface area contributed by atoms with Crippen LogP contribution in [0, 0.1) is 0 Å². The van der Waals surface area contributed by atoms with E-state index in [0.717, 1.165) is 17.7 Å². The summed E-state index contributed by atoms with van der Waals surface area (Å²) in [4.78, 5) is 4.03. The Morgan fingerprint density at radius 3 is 3.00 bits per heavy atom. The Hall–Kier alpha value is -2.04. The molecule has 0 aliphatic carbocycles. The maximum absolute atomic E-state index is 5.63. The Labute approximate surface area is 92.2 Å². The predicted molar refractivity (Wildman–Crippen MR) is 57.1 cm³/mol. The van der Waals surface area contributed by atoms with E-state index in [2.05, 4.69) is 10.1 Å². The van der Waals surface area contributed by atoms with Gasteiger partial charge in [-0.1, -0.05) is 18.2 Å². The summed E-state index contributed by atoms with van der Waals surface area (Å²) >= 11 is 0. The predicted octanol–water partition coefficient (Wildman–Crippen LogP) is 1.37. The van der Waals surface area contributed by atoms with E-state index in [1.807, 2.05) is 24.3 Å². The molecular weight excluding hydrogens is 206 g/mol. The van der Waals surface area contributed by atoms with Gasteiger partial charge in [0, 0.05) is 0 Å². The third-order valence-electron chi connectivity index (χ3n) is 2.69. The molecule has 82 valence electrons. The SMILES string of the molecule is Nc1noc(C2COc3ccccc3C2)n1. The highest BCUT2D eigenvalue weighted by molar-refractivity contribution is 5.36. The summed E-state index contributed by atoms with van der Waals surface area (Å²) in [6, 6.07) is 7.96. The summed E-state index contributed by atoms with van der Waals surface area (Å²) in [5.74, 6) is 1.76. The van der Waals surface area contributed by atoms with E-state index in [1.54, 1.807) is 0 Å². The fourth-order valence-electron chi connectivity index (χ4n) is 1.90. The second kappa shape index (κ2) is 3.52. The molecule has 2 heterocycles. The lowest BCUT2D eigenvalue weighted by molar-refractivity contribution is 0.230. The van der Waals surface area contributed by atoms with Crippen molar-refractivity contribution in [3.8, 4) is 5.75 Å². The van der Waals surface area contributed by atoms with Crippen LogP contribution in [0.1, 0.15) is 17.4 Å². The number of fused-ring (bicyclic) bond motifs is 1. The van der Waals surface area contributed by atoms with Crippen molar-refractivity contribution in [1.82, 2.24) is 10.1 Å². The molecule has 1 aromatic heterocycles. The van der Waals surface area contributed by atoms with Crippen LogP contribution in [0.15, 0.2) is 28.8 Å². The third kappa shape index (κ3) is 1.50. The number of nitrogen functional groups attached to an aromatic ring is 1. The Bertz CT molecular complexity index is 509. The molecular formula is C11H11N3O2. The molecule has 5 heteroatoms. The summed E-state index contributed by atoms with van der Waals surface area (Å²) in [6.45, 7) is 0.554. The van der Waals surface area contributed by atoms with Gasteiger partial charge in [-0.2, -0.15) is 4.98 Å². The minimum absolute atomic E-state index is 0.0969. The van der Waals surface area contributed by atoms with E-state index in [4.69, 9.17) is 15.0 Å². The van der Waals surface area contributed by atoms with Gasteiger partial charge in [0.05, 0.1) is 5.92 Å². The first-order valence-corrected chi connectivity index (χ1v) is 5.13. The standard InChI is InChI=1S/C11H11N3O2/c12-11-13-10(16-14-11)8-5-7-3-1-2-4-9(7)15-6-8/h1-4,8H,5-6H2,(H2,12,14). The smallest absolute Gasteiger partial charge is 0.260 e. The first-order chi connectivity index (χ1) is 7.83. The summed E-state index contributed by atoms with van der Waals surface area (Å²) in [6.07, 6.45) is 0.845. The largest absolute Gasteiger partial charge is 0.492 e. The van der Waals surface area contributed by atoms with Gasteiger partial charge in [-0.05, 0) is 23.2 Å². The zero-order chi connectivity index (χ0) is 11.0. The van der Waals surface area contributed by atoms with Gasteiger partial charge >= 0.3 is 0 Å². The topological polar surface area (TPSA) is 74.2 Å². The van der Waals surface area contributed by atoms with E-state index in [0.29, 0.717) is 12.5 Å². The minimum Gasteiger partial charge on any atom is -0.492 e. The summed E-state index contributed by atoms with van der Waals surface area (Å²) in [5.41, 5.74) is 6.59.